The maximum atomic E-state index is 4.82. The normalized spacial score (nSPS) is 24.3. The maximum Gasteiger partial charge on any atom is 0.0860 e. The molecule has 0 spiro atoms. The van der Waals surface area contributed by atoms with Crippen molar-refractivity contribution >= 4 is 17.1 Å². The molecule has 0 amide bonds. The van der Waals surface area contributed by atoms with Gasteiger partial charge in [-0.2, -0.15) is 0 Å². The monoisotopic (exact) mass is 200 g/mol. The Kier molecular flexibility index (Phi) is 2.20. The molecule has 1 unspecified atom stereocenters. The van der Waals surface area contributed by atoms with Gasteiger partial charge in [-0.15, -0.1) is 0 Å². The highest BCUT2D eigenvalue weighted by atomic mass is 14.9. The van der Waals surface area contributed by atoms with Crippen molar-refractivity contribution in [2.24, 2.45) is 10.9 Å². The van der Waals surface area contributed by atoms with Crippen LogP contribution in [0.4, 0.5) is 11.4 Å². The molecule has 1 aliphatic heterocycles. The van der Waals surface area contributed by atoms with Gasteiger partial charge in [0.25, 0.3) is 0 Å². The van der Waals surface area contributed by atoms with Crippen molar-refractivity contribution in [3.63, 3.8) is 0 Å². The van der Waals surface area contributed by atoms with Crippen LogP contribution >= 0.6 is 0 Å². The second-order valence-corrected chi connectivity index (χ2v) is 4.44. The lowest BCUT2D eigenvalue weighted by Gasteiger charge is -2.22. The molecule has 0 radical (unpaired) electrons. The Hall–Kier alpha value is -1.31. The van der Waals surface area contributed by atoms with Crippen LogP contribution in [0.5, 0.6) is 0 Å². The van der Waals surface area contributed by atoms with Crippen LogP contribution in [0.25, 0.3) is 0 Å². The summed E-state index contributed by atoms with van der Waals surface area (Å²) in [5.74, 6) is 0.672. The van der Waals surface area contributed by atoms with E-state index in [2.05, 4.69) is 29.6 Å². The summed E-state index contributed by atoms with van der Waals surface area (Å²) < 4.78 is 0. The van der Waals surface area contributed by atoms with Crippen molar-refractivity contribution in [3.05, 3.63) is 24.3 Å². The van der Waals surface area contributed by atoms with E-state index in [1.54, 1.807) is 0 Å². The fourth-order valence-electron chi connectivity index (χ4n) is 2.54. The third kappa shape index (κ3) is 1.65. The molecule has 15 heavy (non-hydrogen) atoms. The molecule has 78 valence electrons. The van der Waals surface area contributed by atoms with Crippen LogP contribution < -0.4 is 5.32 Å². The van der Waals surface area contributed by atoms with Crippen molar-refractivity contribution in [2.45, 2.75) is 25.7 Å². The van der Waals surface area contributed by atoms with Gasteiger partial charge in [-0.1, -0.05) is 18.6 Å². The van der Waals surface area contributed by atoms with Crippen LogP contribution in [0, 0.1) is 5.92 Å². The fourth-order valence-corrected chi connectivity index (χ4v) is 2.54. The number of para-hydroxylation sites is 2. The predicted octanol–water partition coefficient (Wildman–Crippen LogP) is 3.37. The van der Waals surface area contributed by atoms with Gasteiger partial charge in [0, 0.05) is 18.2 Å². The number of nitrogens with zero attached hydrogens (tertiary/aromatic N) is 1. The summed E-state index contributed by atoms with van der Waals surface area (Å²) in [4.78, 5) is 4.82. The van der Waals surface area contributed by atoms with Gasteiger partial charge in [0.05, 0.1) is 11.4 Å². The van der Waals surface area contributed by atoms with Gasteiger partial charge < -0.3 is 5.32 Å². The second kappa shape index (κ2) is 3.69. The summed E-state index contributed by atoms with van der Waals surface area (Å²) in [5, 5.41) is 3.51. The highest BCUT2D eigenvalue weighted by molar-refractivity contribution is 5.92. The van der Waals surface area contributed by atoms with Crippen LogP contribution in [0.1, 0.15) is 25.7 Å². The lowest BCUT2D eigenvalue weighted by molar-refractivity contribution is 0.545. The minimum Gasteiger partial charge on any atom is -0.383 e. The van der Waals surface area contributed by atoms with Gasteiger partial charge in [-0.25, -0.2) is 0 Å². The highest BCUT2D eigenvalue weighted by Gasteiger charge is 2.22. The number of nitrogens with one attached hydrogen (secondary N) is 1. The molecular weight excluding hydrogens is 184 g/mol. The summed E-state index contributed by atoms with van der Waals surface area (Å²) >= 11 is 0. The first-order valence-electron chi connectivity index (χ1n) is 5.84. The summed E-state index contributed by atoms with van der Waals surface area (Å²) in [6.45, 7) is 1.07. The molecule has 2 nitrogen and oxygen atoms in total. The molecule has 3 rings (SSSR count). The van der Waals surface area contributed by atoms with Crippen LogP contribution in [0.15, 0.2) is 29.3 Å². The van der Waals surface area contributed by atoms with E-state index >= 15 is 0 Å². The van der Waals surface area contributed by atoms with Crippen LogP contribution in [0.2, 0.25) is 0 Å². The van der Waals surface area contributed by atoms with E-state index in [0.29, 0.717) is 5.92 Å². The van der Waals surface area contributed by atoms with Crippen LogP contribution in [-0.2, 0) is 0 Å². The maximum absolute atomic E-state index is 4.82. The summed E-state index contributed by atoms with van der Waals surface area (Å²) in [6, 6.07) is 8.36. The van der Waals surface area contributed by atoms with Gasteiger partial charge >= 0.3 is 0 Å². The van der Waals surface area contributed by atoms with Crippen LogP contribution in [0.3, 0.4) is 0 Å². The van der Waals surface area contributed by atoms with E-state index in [1.807, 2.05) is 0 Å². The van der Waals surface area contributed by atoms with Gasteiger partial charge in [0.2, 0.25) is 0 Å². The van der Waals surface area contributed by atoms with Gasteiger partial charge in [-0.3, -0.25) is 4.99 Å². The smallest absolute Gasteiger partial charge is 0.0860 e. The van der Waals surface area contributed by atoms with E-state index in [4.69, 9.17) is 4.99 Å². The number of hydrogen-bond donors (Lipinski definition) is 1. The number of anilines is 1. The largest absolute Gasteiger partial charge is 0.383 e. The number of aliphatic imine (C=N–C) groups is 1. The van der Waals surface area contributed by atoms with E-state index in [0.717, 1.165) is 12.2 Å². The van der Waals surface area contributed by atoms with Crippen molar-refractivity contribution in [3.8, 4) is 0 Å². The van der Waals surface area contributed by atoms with E-state index in [9.17, 15) is 0 Å². The molecule has 0 saturated heterocycles. The molecular formula is C13H16N2. The lowest BCUT2D eigenvalue weighted by atomic mass is 9.87. The van der Waals surface area contributed by atoms with E-state index in [-0.39, 0.29) is 0 Å². The zero-order valence-corrected chi connectivity index (χ0v) is 8.87. The molecule has 1 N–H and O–H groups in total. The topological polar surface area (TPSA) is 24.4 Å². The average Bonchev–Trinajstić information content (AvgIpc) is 2.48. The number of fused-ring (bicyclic) bond motifs is 2. The van der Waals surface area contributed by atoms with Gasteiger partial charge in [0.1, 0.15) is 0 Å². The molecule has 1 atom stereocenters. The molecule has 1 aromatic carbocycles. The zero-order chi connectivity index (χ0) is 10.1. The Balaban J connectivity index is 2.00. The molecule has 1 aliphatic carbocycles. The Labute approximate surface area is 90.4 Å². The molecule has 0 bridgehead atoms. The first kappa shape index (κ1) is 8.96. The molecule has 2 aliphatic rings. The first-order valence-corrected chi connectivity index (χ1v) is 5.84. The Morgan fingerprint density at radius 1 is 1.20 bits per heavy atom. The summed E-state index contributed by atoms with van der Waals surface area (Å²) in [7, 11) is 0. The Morgan fingerprint density at radius 3 is 3.13 bits per heavy atom. The predicted molar refractivity (Wildman–Crippen MR) is 64.0 cm³/mol. The minimum atomic E-state index is 0.672. The molecule has 1 aromatic rings. The zero-order valence-electron chi connectivity index (χ0n) is 8.87. The van der Waals surface area contributed by atoms with Crippen molar-refractivity contribution < 1.29 is 0 Å². The average molecular weight is 200 g/mol. The lowest BCUT2D eigenvalue weighted by Crippen LogP contribution is -2.24. The standard InChI is InChI=1S/C13H16N2/c1-2-6-11-10(5-1)9-14-12-7-3-4-8-13(12)15-11/h3-4,7-8,10,14H,1-2,5-6,9H2. The molecule has 1 saturated carbocycles. The molecule has 2 heteroatoms. The van der Waals surface area contributed by atoms with E-state index in [1.165, 1.54) is 37.1 Å². The van der Waals surface area contributed by atoms with E-state index < -0.39 is 0 Å². The number of benzene rings is 1. The third-order valence-electron chi connectivity index (χ3n) is 3.41. The highest BCUT2D eigenvalue weighted by Crippen LogP contribution is 2.32. The van der Waals surface area contributed by atoms with Crippen molar-refractivity contribution in [1.29, 1.82) is 0 Å². The minimum absolute atomic E-state index is 0.672. The second-order valence-electron chi connectivity index (χ2n) is 4.44. The number of hydrogen-bond acceptors (Lipinski definition) is 2. The fraction of sp³-hybridized carbons (Fsp3) is 0.462. The van der Waals surface area contributed by atoms with Gasteiger partial charge in [0.15, 0.2) is 0 Å². The molecule has 1 fully saturated rings. The molecule has 1 heterocycles. The SMILES string of the molecule is c1ccc2c(c1)N=C1CCCCC1CN2. The van der Waals surface area contributed by atoms with Gasteiger partial charge in [-0.05, 0) is 31.4 Å². The summed E-state index contributed by atoms with van der Waals surface area (Å²) in [6.07, 6.45) is 5.18. The quantitative estimate of drug-likeness (QED) is 0.682. The third-order valence-corrected chi connectivity index (χ3v) is 3.41. The Morgan fingerprint density at radius 2 is 2.13 bits per heavy atom. The molecule has 0 aromatic heterocycles. The summed E-state index contributed by atoms with van der Waals surface area (Å²) in [5.41, 5.74) is 3.73. The Bertz CT molecular complexity index is 395. The van der Waals surface area contributed by atoms with Crippen molar-refractivity contribution in [2.75, 3.05) is 11.9 Å². The first-order chi connectivity index (χ1) is 7.43. The van der Waals surface area contributed by atoms with Crippen molar-refractivity contribution in [1.82, 2.24) is 0 Å². The van der Waals surface area contributed by atoms with Crippen LogP contribution in [-0.4, -0.2) is 12.3 Å². The number of rotatable bonds is 0.